The fraction of sp³-hybridized carbons (Fsp3) is 0.333. The third kappa shape index (κ3) is 3.26. The first-order valence-corrected chi connectivity index (χ1v) is 7.99. The van der Waals surface area contributed by atoms with Gasteiger partial charge in [0.05, 0.1) is 6.20 Å². The third-order valence-electron chi connectivity index (χ3n) is 3.74. The Balaban J connectivity index is 0.00000156. The number of halogens is 1. The number of hydrogen-bond acceptors (Lipinski definition) is 6. The normalized spacial score (nSPS) is 18.5. The lowest BCUT2D eigenvalue weighted by Crippen LogP contribution is -2.35. The molecule has 1 aromatic carbocycles. The van der Waals surface area contributed by atoms with E-state index in [1.807, 2.05) is 18.2 Å². The van der Waals surface area contributed by atoms with Gasteiger partial charge >= 0.3 is 0 Å². The summed E-state index contributed by atoms with van der Waals surface area (Å²) in [4.78, 5) is 17.2. The number of rotatable bonds is 3. The van der Waals surface area contributed by atoms with Gasteiger partial charge in [-0.25, -0.2) is 4.98 Å². The molecule has 1 aromatic heterocycles. The molecule has 3 heterocycles. The zero-order chi connectivity index (χ0) is 14.9. The maximum atomic E-state index is 12.2. The minimum Gasteiger partial charge on any atom is -0.454 e. The lowest BCUT2D eigenvalue weighted by molar-refractivity contribution is 0.0944. The monoisotopic (exact) mass is 353 g/mol. The van der Waals surface area contributed by atoms with Gasteiger partial charge in [0.25, 0.3) is 5.91 Å². The highest BCUT2D eigenvalue weighted by Crippen LogP contribution is 2.36. The lowest BCUT2D eigenvalue weighted by atomic mass is 10.2. The minimum absolute atomic E-state index is 0. The molecular formula is C15H16ClN3O3S. The molecule has 4 rings (SSSR count). The van der Waals surface area contributed by atoms with Crippen molar-refractivity contribution in [2.45, 2.75) is 12.5 Å². The standard InChI is InChI=1S/C15H15N3O3S.ClH/c19-14(18-10-3-4-16-6-10)13-7-17-15(22-13)9-1-2-11-12(5-9)21-8-20-11;/h1-2,5,7,10,16H,3-4,6,8H2,(H,18,19);1H. The Morgan fingerprint density at radius 3 is 3.04 bits per heavy atom. The van der Waals surface area contributed by atoms with E-state index in [0.717, 1.165) is 41.6 Å². The maximum absolute atomic E-state index is 12.2. The molecule has 23 heavy (non-hydrogen) atoms. The number of carbonyl (C=O) groups is 1. The molecule has 2 aromatic rings. The minimum atomic E-state index is -0.0572. The number of thiazole rings is 1. The molecule has 8 heteroatoms. The van der Waals surface area contributed by atoms with Crippen molar-refractivity contribution in [1.82, 2.24) is 15.6 Å². The zero-order valence-electron chi connectivity index (χ0n) is 12.2. The second-order valence-electron chi connectivity index (χ2n) is 5.26. The van der Waals surface area contributed by atoms with E-state index in [1.54, 1.807) is 6.20 Å². The number of ether oxygens (including phenoxy) is 2. The predicted octanol–water partition coefficient (Wildman–Crippen LogP) is 2.05. The smallest absolute Gasteiger partial charge is 0.263 e. The topological polar surface area (TPSA) is 72.5 Å². The Morgan fingerprint density at radius 1 is 1.35 bits per heavy atom. The van der Waals surface area contributed by atoms with Gasteiger partial charge in [0, 0.05) is 18.2 Å². The molecule has 2 aliphatic rings. The molecule has 0 aliphatic carbocycles. The van der Waals surface area contributed by atoms with E-state index in [-0.39, 0.29) is 31.1 Å². The van der Waals surface area contributed by atoms with Gasteiger partial charge in [-0.3, -0.25) is 4.79 Å². The van der Waals surface area contributed by atoms with E-state index in [9.17, 15) is 4.79 Å². The molecule has 0 spiro atoms. The fourth-order valence-electron chi connectivity index (χ4n) is 2.58. The average molecular weight is 354 g/mol. The van der Waals surface area contributed by atoms with E-state index < -0.39 is 0 Å². The Morgan fingerprint density at radius 2 is 2.22 bits per heavy atom. The zero-order valence-corrected chi connectivity index (χ0v) is 13.8. The van der Waals surface area contributed by atoms with Crippen molar-refractivity contribution in [1.29, 1.82) is 0 Å². The van der Waals surface area contributed by atoms with Crippen molar-refractivity contribution in [2.24, 2.45) is 0 Å². The average Bonchev–Trinajstić information content (AvgIpc) is 3.27. The number of amides is 1. The van der Waals surface area contributed by atoms with Gasteiger partial charge < -0.3 is 20.1 Å². The summed E-state index contributed by atoms with van der Waals surface area (Å²) in [5, 5.41) is 7.06. The fourth-order valence-corrected chi connectivity index (χ4v) is 3.39. The van der Waals surface area contributed by atoms with Crippen molar-refractivity contribution >= 4 is 29.7 Å². The number of fused-ring (bicyclic) bond motifs is 1. The van der Waals surface area contributed by atoms with E-state index in [2.05, 4.69) is 15.6 Å². The number of carbonyl (C=O) groups excluding carboxylic acids is 1. The molecule has 2 N–H and O–H groups in total. The number of nitrogens with one attached hydrogen (secondary N) is 2. The Labute approximate surface area is 143 Å². The summed E-state index contributed by atoms with van der Waals surface area (Å²) >= 11 is 1.38. The van der Waals surface area contributed by atoms with Crippen molar-refractivity contribution in [2.75, 3.05) is 19.9 Å². The predicted molar refractivity (Wildman–Crippen MR) is 89.7 cm³/mol. The van der Waals surface area contributed by atoms with E-state index in [1.165, 1.54) is 11.3 Å². The molecule has 0 saturated carbocycles. The first-order valence-electron chi connectivity index (χ1n) is 7.17. The van der Waals surface area contributed by atoms with Crippen LogP contribution in [0.5, 0.6) is 11.5 Å². The molecule has 122 valence electrons. The molecule has 2 aliphatic heterocycles. The quantitative estimate of drug-likeness (QED) is 0.883. The molecule has 1 unspecified atom stereocenters. The molecule has 1 atom stereocenters. The first kappa shape index (κ1) is 16.0. The molecule has 0 bridgehead atoms. The molecule has 0 radical (unpaired) electrons. The summed E-state index contributed by atoms with van der Waals surface area (Å²) in [5.74, 6) is 1.40. The molecule has 1 amide bonds. The number of aromatic nitrogens is 1. The van der Waals surface area contributed by atoms with Gasteiger partial charge in [-0.2, -0.15) is 0 Å². The van der Waals surface area contributed by atoms with Crippen molar-refractivity contribution < 1.29 is 14.3 Å². The van der Waals surface area contributed by atoms with Crippen LogP contribution in [0.3, 0.4) is 0 Å². The number of hydrogen-bond donors (Lipinski definition) is 2. The van der Waals surface area contributed by atoms with Crippen molar-refractivity contribution in [3.8, 4) is 22.1 Å². The van der Waals surface area contributed by atoms with Gasteiger partial charge in [-0.15, -0.1) is 23.7 Å². The summed E-state index contributed by atoms with van der Waals surface area (Å²) in [6.07, 6.45) is 2.60. The van der Waals surface area contributed by atoms with Crippen LogP contribution in [-0.2, 0) is 0 Å². The van der Waals surface area contributed by atoms with Gasteiger partial charge in [-0.05, 0) is 31.2 Å². The van der Waals surface area contributed by atoms with E-state index in [0.29, 0.717) is 4.88 Å². The van der Waals surface area contributed by atoms with E-state index >= 15 is 0 Å². The first-order chi connectivity index (χ1) is 10.8. The van der Waals surface area contributed by atoms with Crippen molar-refractivity contribution in [3.63, 3.8) is 0 Å². The highest BCUT2D eigenvalue weighted by Gasteiger charge is 2.20. The second-order valence-corrected chi connectivity index (χ2v) is 6.29. The summed E-state index contributed by atoms with van der Waals surface area (Å²) in [7, 11) is 0. The summed E-state index contributed by atoms with van der Waals surface area (Å²) in [6, 6.07) is 5.89. The van der Waals surface area contributed by atoms with Gasteiger partial charge in [0.1, 0.15) is 9.88 Å². The van der Waals surface area contributed by atoms with Crippen LogP contribution in [0.2, 0.25) is 0 Å². The van der Waals surface area contributed by atoms with E-state index in [4.69, 9.17) is 9.47 Å². The molecular weight excluding hydrogens is 338 g/mol. The molecule has 1 fully saturated rings. The summed E-state index contributed by atoms with van der Waals surface area (Å²) in [6.45, 7) is 2.04. The maximum Gasteiger partial charge on any atom is 0.263 e. The second kappa shape index (κ2) is 6.74. The van der Waals surface area contributed by atoms with Crippen LogP contribution >= 0.6 is 23.7 Å². The highest BCUT2D eigenvalue weighted by atomic mass is 35.5. The van der Waals surface area contributed by atoms with Gasteiger partial charge in [0.2, 0.25) is 6.79 Å². The van der Waals surface area contributed by atoms with Crippen LogP contribution in [0.25, 0.3) is 10.6 Å². The summed E-state index contributed by atoms with van der Waals surface area (Å²) in [5.41, 5.74) is 0.927. The Bertz CT molecular complexity index is 716. The Kier molecular flexibility index (Phi) is 4.70. The number of nitrogens with zero attached hydrogens (tertiary/aromatic N) is 1. The third-order valence-corrected chi connectivity index (χ3v) is 4.79. The largest absolute Gasteiger partial charge is 0.454 e. The molecule has 1 saturated heterocycles. The lowest BCUT2D eigenvalue weighted by Gasteiger charge is -2.09. The van der Waals surface area contributed by atoms with Gasteiger partial charge in [-0.1, -0.05) is 0 Å². The van der Waals surface area contributed by atoms with Crippen LogP contribution < -0.4 is 20.1 Å². The summed E-state index contributed by atoms with van der Waals surface area (Å²) < 4.78 is 10.7. The molecule has 6 nitrogen and oxygen atoms in total. The van der Waals surface area contributed by atoms with Crippen LogP contribution in [0.1, 0.15) is 16.1 Å². The highest BCUT2D eigenvalue weighted by molar-refractivity contribution is 7.16. The van der Waals surface area contributed by atoms with Crippen LogP contribution in [-0.4, -0.2) is 36.8 Å². The Hall–Kier alpha value is -1.83. The van der Waals surface area contributed by atoms with Gasteiger partial charge in [0.15, 0.2) is 11.5 Å². The van der Waals surface area contributed by atoms with Crippen LogP contribution in [0.15, 0.2) is 24.4 Å². The number of benzene rings is 1. The SMILES string of the molecule is Cl.O=C(NC1CCNC1)c1cnc(-c2ccc3c(c2)OCO3)s1. The van der Waals surface area contributed by atoms with Crippen LogP contribution in [0.4, 0.5) is 0 Å². The van der Waals surface area contributed by atoms with Crippen molar-refractivity contribution in [3.05, 3.63) is 29.3 Å². The van der Waals surface area contributed by atoms with Crippen LogP contribution in [0, 0.1) is 0 Å².